The Balaban J connectivity index is 1.37. The minimum atomic E-state index is -0.0589. The van der Waals surface area contributed by atoms with Crippen molar-refractivity contribution in [1.29, 1.82) is 0 Å². The fraction of sp³-hybridized carbons (Fsp3) is 0.222. The van der Waals surface area contributed by atoms with E-state index in [9.17, 15) is 4.79 Å². The molecule has 3 heterocycles. The second kappa shape index (κ2) is 7.32. The van der Waals surface area contributed by atoms with Crippen LogP contribution in [0.15, 0.2) is 54.9 Å². The van der Waals surface area contributed by atoms with Crippen LogP contribution in [0.2, 0.25) is 0 Å². The highest BCUT2D eigenvalue weighted by Crippen LogP contribution is 2.20. The lowest BCUT2D eigenvalue weighted by Gasteiger charge is -2.10. The zero-order chi connectivity index (χ0) is 17.8. The number of nitrogens with one attached hydrogen (secondary N) is 2. The lowest BCUT2D eigenvalue weighted by atomic mass is 10.1. The van der Waals surface area contributed by atoms with Gasteiger partial charge in [0.1, 0.15) is 0 Å². The van der Waals surface area contributed by atoms with E-state index >= 15 is 0 Å². The van der Waals surface area contributed by atoms with Crippen molar-refractivity contribution in [2.45, 2.75) is 6.42 Å². The van der Waals surface area contributed by atoms with Crippen molar-refractivity contribution in [3.63, 3.8) is 0 Å². The van der Waals surface area contributed by atoms with Gasteiger partial charge in [0, 0.05) is 30.4 Å². The normalized spacial score (nSPS) is 16.4. The van der Waals surface area contributed by atoms with Gasteiger partial charge in [0.25, 0.3) is 0 Å². The SMILES string of the molecule is O=C(Nc1ccc(Nc2ccc(-n3cccn3)nn2)cc1)C1CCOC1. The molecule has 0 spiro atoms. The molecule has 0 radical (unpaired) electrons. The lowest BCUT2D eigenvalue weighted by molar-refractivity contribution is -0.119. The van der Waals surface area contributed by atoms with E-state index in [0.717, 1.165) is 17.8 Å². The van der Waals surface area contributed by atoms with Gasteiger partial charge in [0.05, 0.1) is 12.5 Å². The van der Waals surface area contributed by atoms with E-state index in [-0.39, 0.29) is 11.8 Å². The van der Waals surface area contributed by atoms with Crippen molar-refractivity contribution in [1.82, 2.24) is 20.0 Å². The maximum atomic E-state index is 12.1. The Morgan fingerprint density at radius 1 is 1.12 bits per heavy atom. The zero-order valence-corrected chi connectivity index (χ0v) is 14.0. The Morgan fingerprint density at radius 3 is 2.62 bits per heavy atom. The molecule has 1 fully saturated rings. The molecule has 1 amide bonds. The summed E-state index contributed by atoms with van der Waals surface area (Å²) in [6.07, 6.45) is 4.27. The van der Waals surface area contributed by atoms with Gasteiger partial charge in [-0.05, 0) is 48.9 Å². The summed E-state index contributed by atoms with van der Waals surface area (Å²) in [7, 11) is 0. The van der Waals surface area contributed by atoms with Crippen molar-refractivity contribution in [2.24, 2.45) is 5.92 Å². The van der Waals surface area contributed by atoms with Gasteiger partial charge in [-0.15, -0.1) is 10.2 Å². The standard InChI is InChI=1S/C18H18N6O2/c25-18(13-8-11-26-12-13)21-15-4-2-14(3-5-15)20-16-6-7-17(23-22-16)24-10-1-9-19-24/h1-7,9-10,13H,8,11-12H2,(H,20,22)(H,21,25). The van der Waals surface area contributed by atoms with Crippen LogP contribution in [-0.2, 0) is 9.53 Å². The highest BCUT2D eigenvalue weighted by Gasteiger charge is 2.23. The van der Waals surface area contributed by atoms with Gasteiger partial charge >= 0.3 is 0 Å². The summed E-state index contributed by atoms with van der Waals surface area (Å²) in [5, 5.41) is 18.5. The molecule has 1 atom stereocenters. The van der Waals surface area contributed by atoms with Crippen molar-refractivity contribution in [2.75, 3.05) is 23.8 Å². The summed E-state index contributed by atoms with van der Waals surface area (Å²) < 4.78 is 6.89. The molecule has 0 bridgehead atoms. The molecular weight excluding hydrogens is 332 g/mol. The van der Waals surface area contributed by atoms with Crippen LogP contribution in [0.1, 0.15) is 6.42 Å². The minimum absolute atomic E-state index is 0.00304. The summed E-state index contributed by atoms with van der Waals surface area (Å²) in [6.45, 7) is 1.15. The minimum Gasteiger partial charge on any atom is -0.381 e. The van der Waals surface area contributed by atoms with E-state index in [1.807, 2.05) is 48.7 Å². The van der Waals surface area contributed by atoms with Gasteiger partial charge in [-0.25, -0.2) is 4.68 Å². The maximum Gasteiger partial charge on any atom is 0.229 e. The number of rotatable bonds is 5. The number of aromatic nitrogens is 4. The molecule has 1 aliphatic rings. The first-order valence-electron chi connectivity index (χ1n) is 8.37. The number of hydrogen-bond donors (Lipinski definition) is 2. The summed E-state index contributed by atoms with van der Waals surface area (Å²) >= 11 is 0. The number of anilines is 3. The molecule has 0 saturated carbocycles. The van der Waals surface area contributed by atoms with Gasteiger partial charge in [0.15, 0.2) is 11.6 Å². The second-order valence-corrected chi connectivity index (χ2v) is 5.98. The molecule has 0 aliphatic carbocycles. The monoisotopic (exact) mass is 350 g/mol. The van der Waals surface area contributed by atoms with Crippen LogP contribution in [0, 0.1) is 5.92 Å². The maximum absolute atomic E-state index is 12.1. The number of benzene rings is 1. The van der Waals surface area contributed by atoms with Crippen LogP contribution in [0.3, 0.4) is 0 Å². The molecular formula is C18H18N6O2. The third kappa shape index (κ3) is 3.70. The van der Waals surface area contributed by atoms with Crippen LogP contribution in [0.25, 0.3) is 5.82 Å². The number of carbonyl (C=O) groups is 1. The van der Waals surface area contributed by atoms with Crippen molar-refractivity contribution >= 4 is 23.1 Å². The number of ether oxygens (including phenoxy) is 1. The van der Waals surface area contributed by atoms with Crippen LogP contribution in [0.5, 0.6) is 0 Å². The predicted molar refractivity (Wildman–Crippen MR) is 96.4 cm³/mol. The number of nitrogens with zero attached hydrogens (tertiary/aromatic N) is 4. The third-order valence-electron chi connectivity index (χ3n) is 4.11. The Morgan fingerprint density at radius 2 is 1.96 bits per heavy atom. The Hall–Kier alpha value is -3.26. The van der Waals surface area contributed by atoms with Gasteiger partial charge in [0.2, 0.25) is 5.91 Å². The summed E-state index contributed by atoms with van der Waals surface area (Å²) in [4.78, 5) is 12.1. The number of hydrogen-bond acceptors (Lipinski definition) is 6. The molecule has 132 valence electrons. The molecule has 1 aliphatic heterocycles. The molecule has 4 rings (SSSR count). The molecule has 1 aromatic carbocycles. The quantitative estimate of drug-likeness (QED) is 0.734. The number of carbonyl (C=O) groups excluding carboxylic acids is 1. The summed E-state index contributed by atoms with van der Waals surface area (Å²) in [6, 6.07) is 12.9. The van der Waals surface area contributed by atoms with E-state index in [0.29, 0.717) is 24.8 Å². The lowest BCUT2D eigenvalue weighted by Crippen LogP contribution is -2.22. The highest BCUT2D eigenvalue weighted by molar-refractivity contribution is 5.93. The van der Waals surface area contributed by atoms with Gasteiger partial charge < -0.3 is 15.4 Å². The van der Waals surface area contributed by atoms with Crippen LogP contribution < -0.4 is 10.6 Å². The number of amides is 1. The molecule has 1 saturated heterocycles. The van der Waals surface area contributed by atoms with Gasteiger partial charge in [-0.1, -0.05) is 0 Å². The first-order valence-corrected chi connectivity index (χ1v) is 8.37. The summed E-state index contributed by atoms with van der Waals surface area (Å²) in [5.41, 5.74) is 1.61. The molecule has 2 aromatic heterocycles. The van der Waals surface area contributed by atoms with Crippen molar-refractivity contribution in [3.05, 3.63) is 54.9 Å². The average molecular weight is 350 g/mol. The van der Waals surface area contributed by atoms with Crippen LogP contribution in [0.4, 0.5) is 17.2 Å². The van der Waals surface area contributed by atoms with Crippen LogP contribution >= 0.6 is 0 Å². The Labute approximate surface area is 150 Å². The topological polar surface area (TPSA) is 94.0 Å². The van der Waals surface area contributed by atoms with Gasteiger partial charge in [-0.2, -0.15) is 5.10 Å². The summed E-state index contributed by atoms with van der Waals surface area (Å²) in [5.74, 6) is 1.22. The van der Waals surface area contributed by atoms with Crippen LogP contribution in [-0.4, -0.2) is 39.1 Å². The van der Waals surface area contributed by atoms with E-state index in [1.54, 1.807) is 10.9 Å². The molecule has 2 N–H and O–H groups in total. The second-order valence-electron chi connectivity index (χ2n) is 5.98. The molecule has 8 nitrogen and oxygen atoms in total. The largest absolute Gasteiger partial charge is 0.381 e. The first-order chi connectivity index (χ1) is 12.8. The zero-order valence-electron chi connectivity index (χ0n) is 14.0. The fourth-order valence-electron chi connectivity index (χ4n) is 2.69. The van der Waals surface area contributed by atoms with Crippen molar-refractivity contribution in [3.8, 4) is 5.82 Å². The molecule has 3 aromatic rings. The predicted octanol–water partition coefficient (Wildman–Crippen LogP) is 2.38. The van der Waals surface area contributed by atoms with Crippen molar-refractivity contribution < 1.29 is 9.53 Å². The first kappa shape index (κ1) is 16.2. The Kier molecular flexibility index (Phi) is 4.57. The molecule has 26 heavy (non-hydrogen) atoms. The average Bonchev–Trinajstić information content (AvgIpc) is 3.38. The van der Waals surface area contributed by atoms with E-state index in [4.69, 9.17) is 4.74 Å². The molecule has 8 heteroatoms. The van der Waals surface area contributed by atoms with Gasteiger partial charge in [-0.3, -0.25) is 4.79 Å². The third-order valence-corrected chi connectivity index (χ3v) is 4.11. The van der Waals surface area contributed by atoms with E-state index < -0.39 is 0 Å². The highest BCUT2D eigenvalue weighted by atomic mass is 16.5. The Bertz CT molecular complexity index is 856. The molecule has 1 unspecified atom stereocenters. The fourth-order valence-corrected chi connectivity index (χ4v) is 2.69. The van der Waals surface area contributed by atoms with E-state index in [2.05, 4.69) is 25.9 Å². The smallest absolute Gasteiger partial charge is 0.229 e. The van der Waals surface area contributed by atoms with E-state index in [1.165, 1.54) is 0 Å².